The van der Waals surface area contributed by atoms with Crippen LogP contribution < -0.4 is 5.32 Å². The van der Waals surface area contributed by atoms with E-state index in [1.165, 1.54) is 44.2 Å². The zero-order valence-electron chi connectivity index (χ0n) is 17.7. The molecule has 0 bridgehead atoms. The number of para-hydroxylation sites is 1. The summed E-state index contributed by atoms with van der Waals surface area (Å²) in [5.74, 6) is 0. The molecule has 0 aliphatic heterocycles. The van der Waals surface area contributed by atoms with Crippen molar-refractivity contribution in [3.8, 4) is 0 Å². The SMILES string of the molecule is Cc1cccc2c(C=NCCNc3cccc4ccccc34)c(C)n(C(C)C)c12. The van der Waals surface area contributed by atoms with Crippen molar-refractivity contribution in [3.63, 3.8) is 0 Å². The van der Waals surface area contributed by atoms with Gasteiger partial charge in [0.1, 0.15) is 0 Å². The third-order valence-corrected chi connectivity index (χ3v) is 5.60. The average molecular weight is 384 g/mol. The molecule has 1 aromatic heterocycles. The molecule has 0 amide bonds. The van der Waals surface area contributed by atoms with Crippen LogP contribution in [0.25, 0.3) is 21.7 Å². The number of aromatic nitrogens is 1. The van der Waals surface area contributed by atoms with Crippen molar-refractivity contribution in [2.24, 2.45) is 4.99 Å². The quantitative estimate of drug-likeness (QED) is 0.298. The Morgan fingerprint density at radius 2 is 1.66 bits per heavy atom. The van der Waals surface area contributed by atoms with Gasteiger partial charge in [-0.1, -0.05) is 54.6 Å². The molecule has 0 saturated heterocycles. The number of aryl methyl sites for hydroxylation is 1. The van der Waals surface area contributed by atoms with Crippen molar-refractivity contribution in [2.45, 2.75) is 33.7 Å². The maximum atomic E-state index is 4.75. The first kappa shape index (κ1) is 19.3. The van der Waals surface area contributed by atoms with E-state index >= 15 is 0 Å². The largest absolute Gasteiger partial charge is 0.383 e. The zero-order chi connectivity index (χ0) is 20.4. The van der Waals surface area contributed by atoms with Gasteiger partial charge in [0, 0.05) is 46.5 Å². The molecule has 0 saturated carbocycles. The van der Waals surface area contributed by atoms with Crippen LogP contribution in [0.4, 0.5) is 5.69 Å². The highest BCUT2D eigenvalue weighted by atomic mass is 15.0. The maximum absolute atomic E-state index is 4.75. The first-order valence-corrected chi connectivity index (χ1v) is 10.4. The van der Waals surface area contributed by atoms with Crippen molar-refractivity contribution in [3.05, 3.63) is 77.5 Å². The second kappa shape index (κ2) is 8.12. The van der Waals surface area contributed by atoms with Crippen LogP contribution in [0.3, 0.4) is 0 Å². The van der Waals surface area contributed by atoms with Gasteiger partial charge in [0.05, 0.1) is 12.1 Å². The minimum Gasteiger partial charge on any atom is -0.383 e. The smallest absolute Gasteiger partial charge is 0.0562 e. The van der Waals surface area contributed by atoms with E-state index in [0.29, 0.717) is 6.04 Å². The van der Waals surface area contributed by atoms with Crippen LogP contribution in [0.5, 0.6) is 0 Å². The van der Waals surface area contributed by atoms with E-state index < -0.39 is 0 Å². The van der Waals surface area contributed by atoms with E-state index in [0.717, 1.165) is 13.1 Å². The van der Waals surface area contributed by atoms with Crippen molar-refractivity contribution < 1.29 is 0 Å². The highest BCUT2D eigenvalue weighted by molar-refractivity contribution is 6.02. The fourth-order valence-corrected chi connectivity index (χ4v) is 4.29. The van der Waals surface area contributed by atoms with Gasteiger partial charge in [-0.05, 0) is 44.7 Å². The molecule has 0 radical (unpaired) electrons. The molecule has 0 atom stereocenters. The molecule has 4 rings (SSSR count). The lowest BCUT2D eigenvalue weighted by molar-refractivity contribution is 0.606. The zero-order valence-corrected chi connectivity index (χ0v) is 17.7. The Hall–Kier alpha value is -3.07. The van der Waals surface area contributed by atoms with E-state index in [9.17, 15) is 0 Å². The maximum Gasteiger partial charge on any atom is 0.0562 e. The van der Waals surface area contributed by atoms with E-state index in [4.69, 9.17) is 4.99 Å². The lowest BCUT2D eigenvalue weighted by atomic mass is 10.1. The molecule has 0 fully saturated rings. The summed E-state index contributed by atoms with van der Waals surface area (Å²) in [5.41, 5.74) is 6.34. The van der Waals surface area contributed by atoms with E-state index in [2.05, 4.69) is 104 Å². The topological polar surface area (TPSA) is 29.3 Å². The highest BCUT2D eigenvalue weighted by Gasteiger charge is 2.15. The molecule has 1 heterocycles. The molecule has 0 spiro atoms. The molecule has 29 heavy (non-hydrogen) atoms. The highest BCUT2D eigenvalue weighted by Crippen LogP contribution is 2.30. The molecule has 1 N–H and O–H groups in total. The molecule has 148 valence electrons. The van der Waals surface area contributed by atoms with Crippen molar-refractivity contribution in [1.82, 2.24) is 4.57 Å². The number of nitrogens with one attached hydrogen (secondary N) is 1. The molecule has 0 aliphatic rings. The third-order valence-electron chi connectivity index (χ3n) is 5.60. The molecule has 4 aromatic rings. The molecule has 0 aliphatic carbocycles. The summed E-state index contributed by atoms with van der Waals surface area (Å²) in [6, 6.07) is 21.8. The Kier molecular flexibility index (Phi) is 5.39. The Labute approximate surface area is 173 Å². The third kappa shape index (κ3) is 3.65. The van der Waals surface area contributed by atoms with Gasteiger partial charge in [-0.15, -0.1) is 0 Å². The van der Waals surface area contributed by atoms with Crippen LogP contribution in [0.1, 0.15) is 36.7 Å². The summed E-state index contributed by atoms with van der Waals surface area (Å²) >= 11 is 0. The second-order valence-corrected chi connectivity index (χ2v) is 7.92. The summed E-state index contributed by atoms with van der Waals surface area (Å²) in [5, 5.41) is 7.35. The molecule has 0 unspecified atom stereocenters. The minimum absolute atomic E-state index is 0.425. The Balaban J connectivity index is 1.52. The lowest BCUT2D eigenvalue weighted by Crippen LogP contribution is -2.06. The van der Waals surface area contributed by atoms with Gasteiger partial charge in [0.2, 0.25) is 0 Å². The van der Waals surface area contributed by atoms with E-state index in [1.807, 2.05) is 0 Å². The lowest BCUT2D eigenvalue weighted by Gasteiger charge is -2.13. The Morgan fingerprint density at radius 3 is 2.48 bits per heavy atom. The van der Waals surface area contributed by atoms with Gasteiger partial charge in [-0.3, -0.25) is 4.99 Å². The van der Waals surface area contributed by atoms with Gasteiger partial charge >= 0.3 is 0 Å². The number of benzene rings is 3. The number of nitrogens with zero attached hydrogens (tertiary/aromatic N) is 2. The molecule has 3 aromatic carbocycles. The molecular formula is C26H29N3. The standard InChI is InChI=1S/C26H29N3/c1-18(2)29-20(4)24(23-13-7-9-19(3)26(23)29)17-27-15-16-28-25-14-8-11-21-10-5-6-12-22(21)25/h5-14,17-18,28H,15-16H2,1-4H3. The number of hydrogen-bond donors (Lipinski definition) is 1. The van der Waals surface area contributed by atoms with Crippen molar-refractivity contribution in [2.75, 3.05) is 18.4 Å². The minimum atomic E-state index is 0.425. The Morgan fingerprint density at radius 1 is 0.931 bits per heavy atom. The number of fused-ring (bicyclic) bond motifs is 2. The van der Waals surface area contributed by atoms with Gasteiger partial charge in [-0.25, -0.2) is 0 Å². The molecule has 3 nitrogen and oxygen atoms in total. The fourth-order valence-electron chi connectivity index (χ4n) is 4.29. The second-order valence-electron chi connectivity index (χ2n) is 7.92. The monoisotopic (exact) mass is 383 g/mol. The van der Waals surface area contributed by atoms with Gasteiger partial charge in [0.15, 0.2) is 0 Å². The summed E-state index contributed by atoms with van der Waals surface area (Å²) in [4.78, 5) is 4.75. The van der Waals surface area contributed by atoms with Crippen LogP contribution in [0, 0.1) is 13.8 Å². The predicted octanol–water partition coefficient (Wildman–Crippen LogP) is 6.52. The van der Waals surface area contributed by atoms with Crippen LogP contribution in [-0.2, 0) is 0 Å². The van der Waals surface area contributed by atoms with Gasteiger partial charge in [-0.2, -0.15) is 0 Å². The van der Waals surface area contributed by atoms with Crippen LogP contribution >= 0.6 is 0 Å². The summed E-state index contributed by atoms with van der Waals surface area (Å²) in [6.45, 7) is 10.4. The van der Waals surface area contributed by atoms with Crippen LogP contribution in [0.15, 0.2) is 65.7 Å². The fraction of sp³-hybridized carbons (Fsp3) is 0.269. The van der Waals surface area contributed by atoms with E-state index in [-0.39, 0.29) is 0 Å². The molecule has 3 heteroatoms. The number of hydrogen-bond acceptors (Lipinski definition) is 2. The molecular weight excluding hydrogens is 354 g/mol. The van der Waals surface area contributed by atoms with E-state index in [1.54, 1.807) is 0 Å². The van der Waals surface area contributed by atoms with Crippen LogP contribution in [-0.4, -0.2) is 23.9 Å². The normalized spacial score (nSPS) is 11.9. The van der Waals surface area contributed by atoms with Crippen molar-refractivity contribution >= 4 is 33.6 Å². The average Bonchev–Trinajstić information content (AvgIpc) is 3.01. The van der Waals surface area contributed by atoms with Crippen LogP contribution in [0.2, 0.25) is 0 Å². The summed E-state index contributed by atoms with van der Waals surface area (Å²) < 4.78 is 2.43. The summed E-state index contributed by atoms with van der Waals surface area (Å²) in [7, 11) is 0. The number of aliphatic imine (C=N–C) groups is 1. The predicted molar refractivity (Wildman–Crippen MR) is 127 cm³/mol. The first-order valence-electron chi connectivity index (χ1n) is 10.4. The summed E-state index contributed by atoms with van der Waals surface area (Å²) in [6.07, 6.45) is 2.06. The van der Waals surface area contributed by atoms with Gasteiger partial charge < -0.3 is 9.88 Å². The van der Waals surface area contributed by atoms with Crippen molar-refractivity contribution in [1.29, 1.82) is 0 Å². The number of anilines is 1. The number of rotatable bonds is 6. The Bertz CT molecular complexity index is 1180. The first-order chi connectivity index (χ1) is 14.1. The van der Waals surface area contributed by atoms with Gasteiger partial charge in [0.25, 0.3) is 0 Å².